The van der Waals surface area contributed by atoms with Crippen LogP contribution in [-0.2, 0) is 4.79 Å². The van der Waals surface area contributed by atoms with Gasteiger partial charge in [0.2, 0.25) is 0 Å². The largest absolute Gasteiger partial charge is 0.480 e. The second-order valence-corrected chi connectivity index (χ2v) is 4.28. The molecule has 1 aromatic rings. The summed E-state index contributed by atoms with van der Waals surface area (Å²) in [7, 11) is 0. The van der Waals surface area contributed by atoms with Crippen molar-refractivity contribution < 1.29 is 14.7 Å². The molecule has 0 aromatic heterocycles. The van der Waals surface area contributed by atoms with Crippen molar-refractivity contribution in [2.24, 2.45) is 0 Å². The number of carbonyl (C=O) groups excluding carboxylic acids is 1. The van der Waals surface area contributed by atoms with E-state index in [2.05, 4.69) is 5.32 Å². The number of hydrogen-bond acceptors (Lipinski definition) is 2. The van der Waals surface area contributed by atoms with E-state index in [4.69, 9.17) is 28.3 Å². The van der Waals surface area contributed by atoms with Gasteiger partial charge in [0.05, 0.1) is 10.0 Å². The van der Waals surface area contributed by atoms with Crippen LogP contribution in [0.4, 0.5) is 10.5 Å². The summed E-state index contributed by atoms with van der Waals surface area (Å²) in [5.74, 6) is -1.07. The van der Waals surface area contributed by atoms with Crippen molar-refractivity contribution in [3.05, 3.63) is 28.2 Å². The number of amides is 2. The van der Waals surface area contributed by atoms with Gasteiger partial charge in [0, 0.05) is 12.2 Å². The second-order valence-electron chi connectivity index (χ2n) is 3.47. The number of benzene rings is 1. The van der Waals surface area contributed by atoms with Crippen molar-refractivity contribution >= 4 is 40.9 Å². The summed E-state index contributed by atoms with van der Waals surface area (Å²) >= 11 is 11.5. The molecular weight excluding hydrogens is 279 g/mol. The van der Waals surface area contributed by atoms with Gasteiger partial charge in [0.25, 0.3) is 0 Å². The molecule has 98 valence electrons. The average molecular weight is 291 g/mol. The number of anilines is 1. The minimum Gasteiger partial charge on any atom is -0.480 e. The Balaban J connectivity index is 2.73. The van der Waals surface area contributed by atoms with Crippen LogP contribution in [0.5, 0.6) is 0 Å². The highest BCUT2D eigenvalue weighted by Gasteiger charge is 2.15. The van der Waals surface area contributed by atoms with Gasteiger partial charge >= 0.3 is 12.0 Å². The molecule has 0 fully saturated rings. The Morgan fingerprint density at radius 2 is 2.00 bits per heavy atom. The number of likely N-dealkylation sites (N-methyl/N-ethyl adjacent to an activating group) is 1. The normalized spacial score (nSPS) is 9.94. The molecule has 0 spiro atoms. The number of carbonyl (C=O) groups is 2. The van der Waals surface area contributed by atoms with Gasteiger partial charge in [0.15, 0.2) is 0 Å². The number of carboxylic acids is 1. The highest BCUT2D eigenvalue weighted by Crippen LogP contribution is 2.25. The van der Waals surface area contributed by atoms with Crippen LogP contribution in [0.15, 0.2) is 18.2 Å². The first-order valence-electron chi connectivity index (χ1n) is 5.16. The predicted molar refractivity (Wildman–Crippen MR) is 70.4 cm³/mol. The molecule has 0 saturated heterocycles. The highest BCUT2D eigenvalue weighted by molar-refractivity contribution is 6.42. The Kier molecular flexibility index (Phi) is 5.25. The maximum atomic E-state index is 11.8. The molecule has 7 heteroatoms. The third-order valence-corrected chi connectivity index (χ3v) is 2.90. The number of hydrogen-bond donors (Lipinski definition) is 2. The summed E-state index contributed by atoms with van der Waals surface area (Å²) in [4.78, 5) is 23.5. The van der Waals surface area contributed by atoms with Crippen LogP contribution < -0.4 is 5.32 Å². The highest BCUT2D eigenvalue weighted by atomic mass is 35.5. The standard InChI is InChI=1S/C11H12Cl2N2O3/c1-2-15(6-10(16)17)11(18)14-7-3-4-8(12)9(13)5-7/h3-5H,2,6H2,1H3,(H,14,18)(H,16,17). The number of rotatable bonds is 4. The second kappa shape index (κ2) is 6.47. The molecule has 1 aromatic carbocycles. The molecule has 0 saturated carbocycles. The smallest absolute Gasteiger partial charge is 0.323 e. The van der Waals surface area contributed by atoms with Crippen LogP contribution in [0.25, 0.3) is 0 Å². The zero-order chi connectivity index (χ0) is 13.7. The summed E-state index contributed by atoms with van der Waals surface area (Å²) in [5, 5.41) is 11.9. The van der Waals surface area contributed by atoms with E-state index in [0.29, 0.717) is 22.3 Å². The van der Waals surface area contributed by atoms with Gasteiger partial charge in [-0.3, -0.25) is 4.79 Å². The number of nitrogens with zero attached hydrogens (tertiary/aromatic N) is 1. The van der Waals surface area contributed by atoms with Gasteiger partial charge < -0.3 is 15.3 Å². The molecule has 18 heavy (non-hydrogen) atoms. The Bertz CT molecular complexity index is 466. The lowest BCUT2D eigenvalue weighted by Crippen LogP contribution is -2.38. The van der Waals surface area contributed by atoms with Gasteiger partial charge in [-0.05, 0) is 25.1 Å². The third-order valence-electron chi connectivity index (χ3n) is 2.17. The van der Waals surface area contributed by atoms with Crippen LogP contribution in [0.2, 0.25) is 10.0 Å². The zero-order valence-electron chi connectivity index (χ0n) is 9.61. The van der Waals surface area contributed by atoms with E-state index in [-0.39, 0.29) is 6.54 Å². The quantitative estimate of drug-likeness (QED) is 0.896. The summed E-state index contributed by atoms with van der Waals surface area (Å²) in [6.07, 6.45) is 0. The van der Waals surface area contributed by atoms with Gasteiger partial charge in [-0.25, -0.2) is 4.79 Å². The number of aliphatic carboxylic acids is 1. The van der Waals surface area contributed by atoms with E-state index in [1.165, 1.54) is 6.07 Å². The topological polar surface area (TPSA) is 69.6 Å². The first kappa shape index (κ1) is 14.6. The maximum absolute atomic E-state index is 11.8. The molecule has 2 amide bonds. The van der Waals surface area contributed by atoms with Crippen molar-refractivity contribution in [2.45, 2.75) is 6.92 Å². The van der Waals surface area contributed by atoms with E-state index in [1.54, 1.807) is 19.1 Å². The molecule has 0 aliphatic heterocycles. The Labute approximate surface area is 114 Å². The molecule has 0 radical (unpaired) electrons. The molecule has 2 N–H and O–H groups in total. The predicted octanol–water partition coefficient (Wildman–Crippen LogP) is 2.93. The van der Waals surface area contributed by atoms with E-state index in [0.717, 1.165) is 4.90 Å². The monoisotopic (exact) mass is 290 g/mol. The van der Waals surface area contributed by atoms with E-state index in [9.17, 15) is 9.59 Å². The minimum absolute atomic E-state index is 0.291. The van der Waals surface area contributed by atoms with Crippen molar-refractivity contribution in [1.82, 2.24) is 4.90 Å². The maximum Gasteiger partial charge on any atom is 0.323 e. The number of halogens is 2. The SMILES string of the molecule is CCN(CC(=O)O)C(=O)Nc1ccc(Cl)c(Cl)c1. The Morgan fingerprint density at radius 1 is 1.33 bits per heavy atom. The average Bonchev–Trinajstić information content (AvgIpc) is 2.30. The van der Waals surface area contributed by atoms with Crippen molar-refractivity contribution in [2.75, 3.05) is 18.4 Å². The summed E-state index contributed by atoms with van der Waals surface area (Å²) in [6, 6.07) is 4.13. The van der Waals surface area contributed by atoms with Gasteiger partial charge in [-0.15, -0.1) is 0 Å². The molecule has 0 bridgehead atoms. The summed E-state index contributed by atoms with van der Waals surface area (Å²) < 4.78 is 0. The summed E-state index contributed by atoms with van der Waals surface area (Å²) in [5.41, 5.74) is 0.457. The number of urea groups is 1. The summed E-state index contributed by atoms with van der Waals surface area (Å²) in [6.45, 7) is 1.63. The van der Waals surface area contributed by atoms with Gasteiger partial charge in [0.1, 0.15) is 6.54 Å². The molecule has 1 rings (SSSR count). The van der Waals surface area contributed by atoms with E-state index >= 15 is 0 Å². The number of carboxylic acid groups (broad SMARTS) is 1. The molecular formula is C11H12Cl2N2O3. The molecule has 0 atom stereocenters. The Morgan fingerprint density at radius 3 is 2.50 bits per heavy atom. The van der Waals surface area contributed by atoms with Gasteiger partial charge in [-0.1, -0.05) is 23.2 Å². The van der Waals surface area contributed by atoms with Crippen molar-refractivity contribution in [3.63, 3.8) is 0 Å². The minimum atomic E-state index is -1.07. The lowest BCUT2D eigenvalue weighted by molar-refractivity contribution is -0.137. The zero-order valence-corrected chi connectivity index (χ0v) is 11.1. The fraction of sp³-hybridized carbons (Fsp3) is 0.273. The van der Waals surface area contributed by atoms with Gasteiger partial charge in [-0.2, -0.15) is 0 Å². The molecule has 0 heterocycles. The fourth-order valence-electron chi connectivity index (χ4n) is 1.27. The first-order chi connectivity index (χ1) is 8.43. The van der Waals surface area contributed by atoms with E-state index < -0.39 is 12.0 Å². The van der Waals surface area contributed by atoms with Crippen LogP contribution in [0.1, 0.15) is 6.92 Å². The van der Waals surface area contributed by atoms with Crippen LogP contribution in [0, 0.1) is 0 Å². The first-order valence-corrected chi connectivity index (χ1v) is 5.92. The lowest BCUT2D eigenvalue weighted by atomic mass is 10.3. The lowest BCUT2D eigenvalue weighted by Gasteiger charge is -2.19. The van der Waals surface area contributed by atoms with E-state index in [1.807, 2.05) is 0 Å². The molecule has 0 aliphatic rings. The number of nitrogens with one attached hydrogen (secondary N) is 1. The molecule has 0 aliphatic carbocycles. The van der Waals surface area contributed by atoms with Crippen LogP contribution in [-0.4, -0.2) is 35.1 Å². The fourth-order valence-corrected chi connectivity index (χ4v) is 1.56. The van der Waals surface area contributed by atoms with Crippen molar-refractivity contribution in [3.8, 4) is 0 Å². The molecule has 0 unspecified atom stereocenters. The molecule has 5 nitrogen and oxygen atoms in total. The van der Waals surface area contributed by atoms with Crippen LogP contribution >= 0.6 is 23.2 Å². The Hall–Kier alpha value is -1.46. The van der Waals surface area contributed by atoms with Crippen LogP contribution in [0.3, 0.4) is 0 Å². The van der Waals surface area contributed by atoms with Crippen molar-refractivity contribution in [1.29, 1.82) is 0 Å². The third kappa shape index (κ3) is 4.09.